The van der Waals surface area contributed by atoms with E-state index in [1.807, 2.05) is 19.1 Å². The van der Waals surface area contributed by atoms with Crippen molar-refractivity contribution in [2.45, 2.75) is 19.9 Å². The van der Waals surface area contributed by atoms with Gasteiger partial charge in [0.1, 0.15) is 0 Å². The molecule has 0 saturated carbocycles. The lowest BCUT2D eigenvalue weighted by Gasteiger charge is -2.26. The summed E-state index contributed by atoms with van der Waals surface area (Å²) < 4.78 is 6.75. The van der Waals surface area contributed by atoms with E-state index in [0.717, 1.165) is 11.1 Å². The molecule has 1 aliphatic heterocycles. The molecule has 1 amide bonds. The molecule has 0 N–H and O–H groups in total. The fourth-order valence-electron chi connectivity index (χ4n) is 2.68. The molecule has 1 saturated heterocycles. The first kappa shape index (κ1) is 14.7. The van der Waals surface area contributed by atoms with Crippen molar-refractivity contribution in [1.82, 2.24) is 14.5 Å². The number of rotatable bonds is 3. The van der Waals surface area contributed by atoms with Gasteiger partial charge in [-0.25, -0.2) is 4.98 Å². The van der Waals surface area contributed by atoms with E-state index >= 15 is 0 Å². The highest BCUT2D eigenvalue weighted by Crippen LogP contribution is 2.11. The maximum absolute atomic E-state index is 12.4. The summed E-state index contributed by atoms with van der Waals surface area (Å²) in [5, 5.41) is 0.598. The van der Waals surface area contributed by atoms with Gasteiger partial charge in [0.25, 0.3) is 5.56 Å². The van der Waals surface area contributed by atoms with Crippen molar-refractivity contribution >= 4 is 16.8 Å². The van der Waals surface area contributed by atoms with Gasteiger partial charge in [-0.3, -0.25) is 14.2 Å². The highest BCUT2D eigenvalue weighted by molar-refractivity contribution is 5.80. The Morgan fingerprint density at radius 1 is 1.32 bits per heavy atom. The zero-order valence-corrected chi connectivity index (χ0v) is 12.6. The molecule has 22 heavy (non-hydrogen) atoms. The molecule has 6 nitrogen and oxygen atoms in total. The second-order valence-corrected chi connectivity index (χ2v) is 5.46. The number of ether oxygens (including phenoxy) is 1. The number of para-hydroxylation sites is 1. The molecule has 1 aromatic carbocycles. The standard InChI is InChI=1S/C16H19N3O3/c1-12-3-2-4-13-15(12)17-11-19(16(13)21)6-5-14(20)18-7-9-22-10-8-18/h2-4,11H,5-10H2,1H3. The van der Waals surface area contributed by atoms with Crippen LogP contribution in [-0.4, -0.2) is 46.7 Å². The lowest BCUT2D eigenvalue weighted by Crippen LogP contribution is -2.41. The highest BCUT2D eigenvalue weighted by Gasteiger charge is 2.16. The molecule has 0 aliphatic carbocycles. The van der Waals surface area contributed by atoms with Crippen LogP contribution >= 0.6 is 0 Å². The SMILES string of the molecule is Cc1cccc2c(=O)n(CCC(=O)N3CCOCC3)cnc12. The van der Waals surface area contributed by atoms with E-state index in [9.17, 15) is 9.59 Å². The quantitative estimate of drug-likeness (QED) is 0.847. The van der Waals surface area contributed by atoms with Crippen LogP contribution in [0.5, 0.6) is 0 Å². The van der Waals surface area contributed by atoms with Gasteiger partial charge in [0, 0.05) is 26.1 Å². The van der Waals surface area contributed by atoms with Gasteiger partial charge in [0.2, 0.25) is 5.91 Å². The summed E-state index contributed by atoms with van der Waals surface area (Å²) >= 11 is 0. The number of hydrogen-bond donors (Lipinski definition) is 0. The van der Waals surface area contributed by atoms with Crippen molar-refractivity contribution in [2.24, 2.45) is 0 Å². The molecule has 2 aromatic rings. The van der Waals surface area contributed by atoms with Gasteiger partial charge in [0.05, 0.1) is 30.4 Å². The largest absolute Gasteiger partial charge is 0.378 e. The first-order chi connectivity index (χ1) is 10.7. The summed E-state index contributed by atoms with van der Waals surface area (Å²) in [4.78, 5) is 30.7. The number of morpholine rings is 1. The van der Waals surface area contributed by atoms with Crippen LogP contribution in [0.1, 0.15) is 12.0 Å². The van der Waals surface area contributed by atoms with Crippen LogP contribution in [0.3, 0.4) is 0 Å². The van der Waals surface area contributed by atoms with E-state index in [4.69, 9.17) is 4.74 Å². The average molecular weight is 301 g/mol. The summed E-state index contributed by atoms with van der Waals surface area (Å²) in [7, 11) is 0. The van der Waals surface area contributed by atoms with E-state index < -0.39 is 0 Å². The molecule has 1 fully saturated rings. The van der Waals surface area contributed by atoms with E-state index in [1.54, 1.807) is 11.0 Å². The molecule has 0 bridgehead atoms. The van der Waals surface area contributed by atoms with Gasteiger partial charge in [0.15, 0.2) is 0 Å². The van der Waals surface area contributed by atoms with Gasteiger partial charge >= 0.3 is 0 Å². The molecule has 0 atom stereocenters. The molecule has 2 heterocycles. The Morgan fingerprint density at radius 3 is 2.86 bits per heavy atom. The van der Waals surface area contributed by atoms with Crippen molar-refractivity contribution in [3.8, 4) is 0 Å². The Hall–Kier alpha value is -2.21. The minimum absolute atomic E-state index is 0.0551. The van der Waals surface area contributed by atoms with Crippen LogP contribution in [0, 0.1) is 6.92 Å². The first-order valence-electron chi connectivity index (χ1n) is 7.47. The van der Waals surface area contributed by atoms with Crippen LogP contribution < -0.4 is 5.56 Å². The second kappa shape index (κ2) is 6.27. The first-order valence-corrected chi connectivity index (χ1v) is 7.47. The van der Waals surface area contributed by atoms with Crippen molar-refractivity contribution in [3.63, 3.8) is 0 Å². The summed E-state index contributed by atoms with van der Waals surface area (Å²) in [6, 6.07) is 5.56. The van der Waals surface area contributed by atoms with E-state index in [1.165, 1.54) is 10.9 Å². The Labute approximate surface area is 128 Å². The summed E-state index contributed by atoms with van der Waals surface area (Å²) in [6.45, 7) is 4.71. The number of aromatic nitrogens is 2. The summed E-state index contributed by atoms with van der Waals surface area (Å²) in [6.07, 6.45) is 1.84. The fourth-order valence-corrected chi connectivity index (χ4v) is 2.68. The van der Waals surface area contributed by atoms with Gasteiger partial charge in [-0.05, 0) is 18.6 Å². The van der Waals surface area contributed by atoms with Crippen LogP contribution in [0.25, 0.3) is 10.9 Å². The Morgan fingerprint density at radius 2 is 2.09 bits per heavy atom. The number of hydrogen-bond acceptors (Lipinski definition) is 4. The number of aryl methyl sites for hydroxylation is 2. The third-order valence-electron chi connectivity index (χ3n) is 3.99. The Balaban J connectivity index is 1.75. The molecular formula is C16H19N3O3. The van der Waals surface area contributed by atoms with Crippen molar-refractivity contribution in [3.05, 3.63) is 40.4 Å². The van der Waals surface area contributed by atoms with E-state index in [2.05, 4.69) is 4.98 Å². The maximum atomic E-state index is 12.4. The maximum Gasteiger partial charge on any atom is 0.261 e. The van der Waals surface area contributed by atoms with Crippen LogP contribution in [-0.2, 0) is 16.1 Å². The molecular weight excluding hydrogens is 282 g/mol. The predicted octanol–water partition coefficient (Wildman–Crippen LogP) is 0.954. The molecule has 1 aromatic heterocycles. The van der Waals surface area contributed by atoms with Crippen molar-refractivity contribution in [2.75, 3.05) is 26.3 Å². The lowest BCUT2D eigenvalue weighted by atomic mass is 10.1. The summed E-state index contributed by atoms with van der Waals surface area (Å²) in [5.41, 5.74) is 1.61. The third kappa shape index (κ3) is 2.87. The number of carbonyl (C=O) groups excluding carboxylic acids is 1. The Kier molecular flexibility index (Phi) is 4.20. The zero-order chi connectivity index (χ0) is 15.5. The smallest absolute Gasteiger partial charge is 0.261 e. The zero-order valence-electron chi connectivity index (χ0n) is 12.6. The molecule has 1 aliphatic rings. The normalized spacial score (nSPS) is 15.2. The number of nitrogens with zero attached hydrogens (tertiary/aromatic N) is 3. The van der Waals surface area contributed by atoms with Crippen molar-refractivity contribution in [1.29, 1.82) is 0 Å². The second-order valence-electron chi connectivity index (χ2n) is 5.46. The van der Waals surface area contributed by atoms with Crippen LogP contribution in [0.15, 0.2) is 29.3 Å². The topological polar surface area (TPSA) is 64.4 Å². The van der Waals surface area contributed by atoms with Gasteiger partial charge in [-0.15, -0.1) is 0 Å². The number of fused-ring (bicyclic) bond motifs is 1. The van der Waals surface area contributed by atoms with Gasteiger partial charge in [-0.2, -0.15) is 0 Å². The lowest BCUT2D eigenvalue weighted by molar-refractivity contribution is -0.135. The molecule has 3 rings (SSSR count). The minimum Gasteiger partial charge on any atom is -0.378 e. The predicted molar refractivity (Wildman–Crippen MR) is 82.8 cm³/mol. The van der Waals surface area contributed by atoms with Crippen molar-refractivity contribution < 1.29 is 9.53 Å². The fraction of sp³-hybridized carbons (Fsp3) is 0.438. The minimum atomic E-state index is -0.0940. The Bertz CT molecular complexity index is 748. The third-order valence-corrected chi connectivity index (χ3v) is 3.99. The average Bonchev–Trinajstić information content (AvgIpc) is 2.55. The number of amides is 1. The number of benzene rings is 1. The van der Waals surface area contributed by atoms with Crippen LogP contribution in [0.2, 0.25) is 0 Å². The highest BCUT2D eigenvalue weighted by atomic mass is 16.5. The van der Waals surface area contributed by atoms with Crippen LogP contribution in [0.4, 0.5) is 0 Å². The molecule has 0 spiro atoms. The number of carbonyl (C=O) groups is 1. The van der Waals surface area contributed by atoms with E-state index in [-0.39, 0.29) is 11.5 Å². The molecule has 0 unspecified atom stereocenters. The van der Waals surface area contributed by atoms with E-state index in [0.29, 0.717) is 44.7 Å². The van der Waals surface area contributed by atoms with Gasteiger partial charge in [-0.1, -0.05) is 12.1 Å². The molecule has 0 radical (unpaired) electrons. The summed E-state index contributed by atoms with van der Waals surface area (Å²) in [5.74, 6) is 0.0551. The molecule has 116 valence electrons. The van der Waals surface area contributed by atoms with Gasteiger partial charge < -0.3 is 9.64 Å². The monoisotopic (exact) mass is 301 g/mol. The molecule has 6 heteroatoms.